The van der Waals surface area contributed by atoms with Crippen molar-refractivity contribution in [2.24, 2.45) is 0 Å². The lowest BCUT2D eigenvalue weighted by molar-refractivity contribution is -0.138. The van der Waals surface area contributed by atoms with Crippen LogP contribution in [0, 0.1) is 6.92 Å². The van der Waals surface area contributed by atoms with E-state index in [4.69, 9.17) is 9.47 Å². The maximum atomic E-state index is 13.1. The van der Waals surface area contributed by atoms with Crippen molar-refractivity contribution in [3.63, 3.8) is 0 Å². The van der Waals surface area contributed by atoms with E-state index in [-0.39, 0.29) is 48.9 Å². The molecule has 2 aliphatic rings. The largest absolute Gasteiger partial charge is 0.490 e. The predicted molar refractivity (Wildman–Crippen MR) is 125 cm³/mol. The fraction of sp³-hybridized carbons (Fsp3) is 0.565. The lowest BCUT2D eigenvalue weighted by Crippen LogP contribution is -2.55. The van der Waals surface area contributed by atoms with Gasteiger partial charge in [-0.2, -0.15) is 18.3 Å². The van der Waals surface area contributed by atoms with Crippen molar-refractivity contribution in [2.75, 3.05) is 49.7 Å². The molecule has 10 nitrogen and oxygen atoms in total. The molecule has 13 heteroatoms. The summed E-state index contributed by atoms with van der Waals surface area (Å²) in [6, 6.07) is 0.801. The molecule has 4 rings (SSSR count). The first-order chi connectivity index (χ1) is 17.1. The van der Waals surface area contributed by atoms with Crippen LogP contribution in [-0.2, 0) is 15.7 Å². The Labute approximate surface area is 205 Å². The van der Waals surface area contributed by atoms with Crippen LogP contribution in [0.3, 0.4) is 0 Å². The van der Waals surface area contributed by atoms with Gasteiger partial charge >= 0.3 is 6.18 Å². The van der Waals surface area contributed by atoms with E-state index in [1.165, 1.54) is 6.20 Å². The molecule has 1 fully saturated rings. The molecule has 0 aromatic carbocycles. The number of ether oxygens (including phenoxy) is 2. The highest BCUT2D eigenvalue weighted by molar-refractivity contribution is 5.76. The zero-order valence-electron chi connectivity index (χ0n) is 20.1. The average molecular weight is 511 g/mol. The van der Waals surface area contributed by atoms with Gasteiger partial charge in [-0.1, -0.05) is 0 Å². The van der Waals surface area contributed by atoms with Crippen molar-refractivity contribution in [1.82, 2.24) is 20.1 Å². The number of nitrogens with one attached hydrogen (secondary N) is 2. The molecule has 0 spiro atoms. The standard InChI is InChI=1S/C23H29F3N6O4/c1-14(29-18-11-28-30-22(34)15(18)2)13-35-7-4-20(33)31-5-6-32-17(12-31)3-8-36-19-9-16(23(24,25)26)10-27-21(19)32/h9-11,14,17H,3-8,12-13H2,1-2H3,(H2,29,30,34). The van der Waals surface area contributed by atoms with Crippen LogP contribution >= 0.6 is 0 Å². The highest BCUT2D eigenvalue weighted by Gasteiger charge is 2.36. The number of rotatable bonds is 7. The molecule has 1 amide bonds. The van der Waals surface area contributed by atoms with E-state index in [1.54, 1.807) is 11.8 Å². The Kier molecular flexibility index (Phi) is 7.67. The van der Waals surface area contributed by atoms with Crippen LogP contribution in [-0.4, -0.2) is 77.5 Å². The van der Waals surface area contributed by atoms with Gasteiger partial charge in [-0.25, -0.2) is 10.1 Å². The summed E-state index contributed by atoms with van der Waals surface area (Å²) >= 11 is 0. The highest BCUT2D eigenvalue weighted by Crippen LogP contribution is 2.38. The molecule has 196 valence electrons. The van der Waals surface area contributed by atoms with Crippen molar-refractivity contribution in [1.29, 1.82) is 0 Å². The number of carbonyl (C=O) groups is 1. The zero-order valence-corrected chi connectivity index (χ0v) is 20.1. The van der Waals surface area contributed by atoms with Gasteiger partial charge in [0.2, 0.25) is 5.91 Å². The molecule has 2 aromatic rings. The number of pyridine rings is 1. The van der Waals surface area contributed by atoms with Crippen molar-refractivity contribution < 1.29 is 27.4 Å². The van der Waals surface area contributed by atoms with Crippen molar-refractivity contribution in [2.45, 2.75) is 44.9 Å². The predicted octanol–water partition coefficient (Wildman–Crippen LogP) is 2.20. The van der Waals surface area contributed by atoms with E-state index in [1.807, 2.05) is 11.8 Å². The van der Waals surface area contributed by atoms with Crippen molar-refractivity contribution in [3.8, 4) is 5.75 Å². The van der Waals surface area contributed by atoms with E-state index < -0.39 is 11.7 Å². The number of amides is 1. The second kappa shape index (κ2) is 10.7. The molecule has 2 N–H and O–H groups in total. The summed E-state index contributed by atoms with van der Waals surface area (Å²) in [5, 5.41) is 9.32. The maximum absolute atomic E-state index is 13.1. The molecule has 0 saturated carbocycles. The fourth-order valence-corrected chi connectivity index (χ4v) is 4.32. The van der Waals surface area contributed by atoms with Crippen molar-refractivity contribution in [3.05, 3.63) is 39.9 Å². The maximum Gasteiger partial charge on any atom is 0.418 e. The first kappa shape index (κ1) is 25.7. The topological polar surface area (TPSA) is 113 Å². The summed E-state index contributed by atoms with van der Waals surface area (Å²) in [6.07, 6.45) is -1.35. The molecule has 2 aromatic heterocycles. The average Bonchev–Trinajstić information content (AvgIpc) is 3.02. The first-order valence-electron chi connectivity index (χ1n) is 11.8. The third kappa shape index (κ3) is 5.89. The first-order valence-corrected chi connectivity index (χ1v) is 11.8. The van der Waals surface area contributed by atoms with Gasteiger partial charge in [0.25, 0.3) is 5.56 Å². The van der Waals surface area contributed by atoms with Crippen LogP contribution in [0.2, 0.25) is 0 Å². The van der Waals surface area contributed by atoms with E-state index in [0.29, 0.717) is 49.7 Å². The minimum atomic E-state index is -4.49. The number of fused-ring (bicyclic) bond motifs is 3. The van der Waals surface area contributed by atoms with Gasteiger partial charge in [-0.05, 0) is 19.9 Å². The lowest BCUT2D eigenvalue weighted by Gasteiger charge is -2.41. The molecule has 0 radical (unpaired) electrons. The Balaban J connectivity index is 1.25. The van der Waals surface area contributed by atoms with Crippen molar-refractivity contribution >= 4 is 17.4 Å². The summed E-state index contributed by atoms with van der Waals surface area (Å²) in [7, 11) is 0. The second-order valence-corrected chi connectivity index (χ2v) is 8.98. The lowest BCUT2D eigenvalue weighted by atomic mass is 10.1. The van der Waals surface area contributed by atoms with E-state index >= 15 is 0 Å². The van der Waals surface area contributed by atoms with Gasteiger partial charge in [0.05, 0.1) is 49.7 Å². The Morgan fingerprint density at radius 1 is 1.36 bits per heavy atom. The summed E-state index contributed by atoms with van der Waals surface area (Å²) in [5.41, 5.74) is 0.0576. The zero-order chi connectivity index (χ0) is 25.9. The van der Waals surface area contributed by atoms with Crippen LogP contribution < -0.4 is 20.5 Å². The summed E-state index contributed by atoms with van der Waals surface area (Å²) < 4.78 is 50.4. The van der Waals surface area contributed by atoms with Gasteiger partial charge in [0.1, 0.15) is 0 Å². The minimum absolute atomic E-state index is 0.0457. The Morgan fingerprint density at radius 3 is 2.94 bits per heavy atom. The monoisotopic (exact) mass is 510 g/mol. The van der Waals surface area contributed by atoms with E-state index in [9.17, 15) is 22.8 Å². The summed E-state index contributed by atoms with van der Waals surface area (Å²) in [4.78, 5) is 32.1. The van der Waals surface area contributed by atoms with Gasteiger partial charge in [-0.15, -0.1) is 0 Å². The molecule has 4 heterocycles. The van der Waals surface area contributed by atoms with Gasteiger partial charge < -0.3 is 24.6 Å². The number of alkyl halides is 3. The second-order valence-electron chi connectivity index (χ2n) is 8.98. The van der Waals surface area contributed by atoms with E-state index in [2.05, 4.69) is 20.5 Å². The number of aromatic nitrogens is 3. The number of aromatic amines is 1. The van der Waals surface area contributed by atoms with Gasteiger partial charge in [0, 0.05) is 43.9 Å². The Bertz CT molecular complexity index is 1140. The third-order valence-electron chi connectivity index (χ3n) is 6.31. The minimum Gasteiger partial charge on any atom is -0.490 e. The van der Waals surface area contributed by atoms with Crippen LogP contribution in [0.5, 0.6) is 5.75 Å². The number of H-pyrrole nitrogens is 1. The fourth-order valence-electron chi connectivity index (χ4n) is 4.32. The number of hydrogen-bond donors (Lipinski definition) is 2. The number of carbonyl (C=O) groups excluding carboxylic acids is 1. The summed E-state index contributed by atoms with van der Waals surface area (Å²) in [5.74, 6) is 0.457. The molecule has 2 atom stereocenters. The number of nitrogens with zero attached hydrogens (tertiary/aromatic N) is 4. The van der Waals surface area contributed by atoms with Gasteiger partial charge in [0.15, 0.2) is 11.6 Å². The Morgan fingerprint density at radius 2 is 2.17 bits per heavy atom. The van der Waals surface area contributed by atoms with Crippen LogP contribution in [0.1, 0.15) is 30.9 Å². The third-order valence-corrected chi connectivity index (χ3v) is 6.31. The SMILES string of the molecule is Cc1c(NC(C)COCCC(=O)N2CCN3c4ncc(C(F)(F)F)cc4OCCC3C2)cn[nH]c1=O. The van der Waals surface area contributed by atoms with Crippen LogP contribution in [0.25, 0.3) is 0 Å². The molecule has 2 aliphatic heterocycles. The van der Waals surface area contributed by atoms with E-state index in [0.717, 1.165) is 12.3 Å². The summed E-state index contributed by atoms with van der Waals surface area (Å²) in [6.45, 7) is 5.77. The van der Waals surface area contributed by atoms with Gasteiger partial charge in [-0.3, -0.25) is 9.59 Å². The molecular weight excluding hydrogens is 481 g/mol. The molecule has 0 bridgehead atoms. The number of piperazine rings is 1. The molecule has 36 heavy (non-hydrogen) atoms. The molecule has 2 unspecified atom stereocenters. The smallest absolute Gasteiger partial charge is 0.418 e. The van der Waals surface area contributed by atoms with Crippen LogP contribution in [0.4, 0.5) is 24.7 Å². The molecular formula is C23H29F3N6O4. The number of halogens is 3. The number of hydrogen-bond acceptors (Lipinski definition) is 8. The van der Waals surface area contributed by atoms with Crippen LogP contribution in [0.15, 0.2) is 23.3 Å². The Hall–Kier alpha value is -3.35. The highest BCUT2D eigenvalue weighted by atomic mass is 19.4. The number of anilines is 2. The normalized spacial score (nSPS) is 18.5. The molecule has 0 aliphatic carbocycles. The quantitative estimate of drug-likeness (QED) is 0.546. The molecule has 1 saturated heterocycles.